The zero-order valence-corrected chi connectivity index (χ0v) is 22.2. The Bertz CT molecular complexity index is 1840. The van der Waals surface area contributed by atoms with Crippen LogP contribution in [0.1, 0.15) is 17.4 Å². The Hall–Kier alpha value is -3.96. The van der Waals surface area contributed by atoms with Crippen LogP contribution in [-0.4, -0.2) is 66.4 Å². The molecule has 0 aliphatic carbocycles. The van der Waals surface area contributed by atoms with E-state index in [2.05, 4.69) is 21.8 Å². The summed E-state index contributed by atoms with van der Waals surface area (Å²) in [6.45, 7) is -0.441. The average Bonchev–Trinajstić information content (AvgIpc) is 3.39. The molecule has 1 saturated heterocycles. The van der Waals surface area contributed by atoms with Crippen LogP contribution < -0.4 is 20.5 Å². The van der Waals surface area contributed by atoms with Crippen molar-refractivity contribution in [2.45, 2.75) is 24.5 Å². The van der Waals surface area contributed by atoms with Gasteiger partial charge in [-0.25, -0.2) is 32.3 Å². The van der Waals surface area contributed by atoms with Crippen LogP contribution in [0.15, 0.2) is 47.9 Å². The lowest BCUT2D eigenvalue weighted by Gasteiger charge is -2.18. The molecule has 0 unspecified atom stereocenters. The third kappa shape index (κ3) is 5.77. The zero-order chi connectivity index (χ0) is 29.7. The van der Waals surface area contributed by atoms with Gasteiger partial charge in [-0.05, 0) is 12.1 Å². The van der Waals surface area contributed by atoms with Gasteiger partial charge in [-0.3, -0.25) is 0 Å². The number of nitrogens with zero attached hydrogens (tertiary/aromatic N) is 4. The van der Waals surface area contributed by atoms with Crippen LogP contribution in [0.2, 0.25) is 0 Å². The number of halogens is 2. The highest BCUT2D eigenvalue weighted by Gasteiger charge is 2.44. The molecule has 7 N–H and O–H groups in total. The maximum absolute atomic E-state index is 14.9. The van der Waals surface area contributed by atoms with Gasteiger partial charge in [-0.15, -0.1) is 0 Å². The van der Waals surface area contributed by atoms with Crippen molar-refractivity contribution in [1.82, 2.24) is 19.3 Å². The van der Waals surface area contributed by atoms with Gasteiger partial charge in [0.25, 0.3) is 10.2 Å². The minimum Gasteiger partial charge on any atom is -0.387 e. The third-order valence-corrected chi connectivity index (χ3v) is 7.78. The number of hydrogen-bond donors (Lipinski definition) is 5. The Morgan fingerprint density at radius 2 is 1.76 bits per heavy atom. The van der Waals surface area contributed by atoms with Gasteiger partial charge >= 0.3 is 0 Å². The van der Waals surface area contributed by atoms with Gasteiger partial charge < -0.3 is 30.2 Å². The highest BCUT2D eigenvalue weighted by molar-refractivity contribution is 7.97. The number of sulfone groups is 1. The summed E-state index contributed by atoms with van der Waals surface area (Å²) in [6.07, 6.45) is -0.824. The molecule has 4 atom stereocenters. The van der Waals surface area contributed by atoms with Gasteiger partial charge in [0.1, 0.15) is 47.7 Å². The fourth-order valence-electron chi connectivity index (χ4n) is 4.25. The Morgan fingerprint density at radius 1 is 1.10 bits per heavy atom. The van der Waals surface area contributed by atoms with Crippen molar-refractivity contribution in [3.63, 3.8) is 0 Å². The van der Waals surface area contributed by atoms with E-state index in [-0.39, 0.29) is 28.1 Å². The molecule has 4 heterocycles. The first kappa shape index (κ1) is 28.6. The average molecular weight is 610 g/mol. The maximum Gasteiger partial charge on any atom is 0.274 e. The van der Waals surface area contributed by atoms with Crippen LogP contribution in [0.5, 0.6) is 0 Å². The summed E-state index contributed by atoms with van der Waals surface area (Å²) in [5.41, 5.74) is 5.65. The van der Waals surface area contributed by atoms with Gasteiger partial charge in [0.15, 0.2) is 16.1 Å². The van der Waals surface area contributed by atoms with E-state index in [1.54, 1.807) is 0 Å². The number of aromatic nitrogens is 3. The second-order valence-corrected chi connectivity index (χ2v) is 12.0. The van der Waals surface area contributed by atoms with Crippen molar-refractivity contribution in [3.05, 3.63) is 70.6 Å². The molecule has 0 saturated carbocycles. The standard InChI is InChI=1S/C23H21F2N7O7S2/c24-15-7-13(31-3-5-40(35,36)6-4-31)8-16(25)14(15)2-1-12-10-32(22-18(12)21(26)28-11-29-22)23-20(34)19(33)17(39-23)9-30-41(27,37)38/h3-8,10-11,17,19-20,23,30,33-34H,9H2,(H2,26,28,29)(H2,27,37,38)/t17-,19-,20-,23-/m1/s1. The maximum atomic E-state index is 14.9. The third-order valence-electron chi connectivity index (χ3n) is 6.21. The van der Waals surface area contributed by atoms with Crippen LogP contribution in [0.25, 0.3) is 11.0 Å². The second kappa shape index (κ2) is 10.5. The summed E-state index contributed by atoms with van der Waals surface area (Å²) in [6, 6.07) is 1.95. The molecule has 1 fully saturated rings. The van der Waals surface area contributed by atoms with Gasteiger partial charge in [0.2, 0.25) is 0 Å². The van der Waals surface area contributed by atoms with Crippen LogP contribution in [-0.2, 0) is 24.8 Å². The van der Waals surface area contributed by atoms with Crippen LogP contribution in [0, 0.1) is 23.5 Å². The first-order valence-corrected chi connectivity index (χ1v) is 14.7. The van der Waals surface area contributed by atoms with E-state index in [0.717, 1.165) is 41.7 Å². The molecule has 3 aromatic rings. The summed E-state index contributed by atoms with van der Waals surface area (Å²) >= 11 is 0. The first-order chi connectivity index (χ1) is 19.2. The molecule has 0 spiro atoms. The fourth-order valence-corrected chi connectivity index (χ4v) is 5.34. The predicted octanol–water partition coefficient (Wildman–Crippen LogP) is -0.719. The number of nitrogens with two attached hydrogens (primary N) is 2. The molecule has 1 aromatic carbocycles. The van der Waals surface area contributed by atoms with Crippen molar-refractivity contribution in [2.24, 2.45) is 5.14 Å². The molecule has 2 aromatic heterocycles. The molecule has 2 aliphatic rings. The minimum absolute atomic E-state index is 0.0135. The molecule has 0 bridgehead atoms. The van der Waals surface area contributed by atoms with Gasteiger partial charge in [-0.2, -0.15) is 13.1 Å². The number of aliphatic hydroxyl groups is 2. The second-order valence-electron chi connectivity index (χ2n) is 8.95. The molecule has 14 nitrogen and oxygen atoms in total. The van der Waals surface area contributed by atoms with Crippen molar-refractivity contribution in [2.75, 3.05) is 17.2 Å². The number of benzene rings is 1. The zero-order valence-electron chi connectivity index (χ0n) is 20.6. The number of nitrogens with one attached hydrogen (secondary N) is 1. The molecular formula is C23H21F2N7O7S2. The number of fused-ring (bicyclic) bond motifs is 1. The molecular weight excluding hydrogens is 588 g/mol. The molecule has 41 heavy (non-hydrogen) atoms. The van der Waals surface area contributed by atoms with Crippen molar-refractivity contribution in [3.8, 4) is 11.8 Å². The fraction of sp³-hybridized carbons (Fsp3) is 0.217. The quantitative estimate of drug-likeness (QED) is 0.228. The smallest absolute Gasteiger partial charge is 0.274 e. The van der Waals surface area contributed by atoms with Gasteiger partial charge in [0, 0.05) is 25.1 Å². The minimum atomic E-state index is -4.11. The lowest BCUT2D eigenvalue weighted by Crippen LogP contribution is -2.42. The SMILES string of the molecule is Nc1ncnc2c1c(C#Cc1c(F)cc(N3C=CS(=O)(=O)C=C3)cc1F)cn2[C@@H]1O[C@H](CNS(N)(=O)=O)[C@@H](O)[C@H]1O. The largest absolute Gasteiger partial charge is 0.387 e. The van der Waals surface area contributed by atoms with Crippen molar-refractivity contribution in [1.29, 1.82) is 0 Å². The number of ether oxygens (including phenoxy) is 1. The van der Waals surface area contributed by atoms with E-state index < -0.39 is 68.3 Å². The highest BCUT2D eigenvalue weighted by atomic mass is 32.2. The van der Waals surface area contributed by atoms with E-state index in [1.165, 1.54) is 15.7 Å². The summed E-state index contributed by atoms with van der Waals surface area (Å²) in [5, 5.41) is 27.9. The first-order valence-electron chi connectivity index (χ1n) is 11.5. The van der Waals surface area contributed by atoms with E-state index in [0.29, 0.717) is 0 Å². The van der Waals surface area contributed by atoms with E-state index in [1.807, 2.05) is 4.72 Å². The molecule has 0 amide bonds. The summed E-state index contributed by atoms with van der Waals surface area (Å²) in [4.78, 5) is 9.25. The summed E-state index contributed by atoms with van der Waals surface area (Å²) in [5.74, 6) is 2.93. The number of rotatable bonds is 5. The van der Waals surface area contributed by atoms with Crippen molar-refractivity contribution < 1.29 is 40.6 Å². The Labute approximate surface area is 231 Å². The summed E-state index contributed by atoms with van der Waals surface area (Å²) in [7, 11) is -7.65. The van der Waals surface area contributed by atoms with E-state index in [4.69, 9.17) is 15.6 Å². The lowest BCUT2D eigenvalue weighted by atomic mass is 10.1. The Balaban J connectivity index is 1.49. The normalized spacial score (nSPS) is 23.6. The van der Waals surface area contributed by atoms with Gasteiger partial charge in [-0.1, -0.05) is 11.8 Å². The molecule has 18 heteroatoms. The topological polar surface area (TPSA) is 216 Å². The van der Waals surface area contributed by atoms with Crippen LogP contribution >= 0.6 is 0 Å². The number of anilines is 2. The predicted molar refractivity (Wildman–Crippen MR) is 141 cm³/mol. The van der Waals surface area contributed by atoms with Gasteiger partial charge in [0.05, 0.1) is 33.0 Å². The molecule has 216 valence electrons. The monoisotopic (exact) mass is 609 g/mol. The van der Waals surface area contributed by atoms with Crippen LogP contribution in [0.4, 0.5) is 20.3 Å². The lowest BCUT2D eigenvalue weighted by molar-refractivity contribution is -0.0327. The van der Waals surface area contributed by atoms with Crippen LogP contribution in [0.3, 0.4) is 0 Å². The summed E-state index contributed by atoms with van der Waals surface area (Å²) < 4.78 is 84.3. The van der Waals surface area contributed by atoms with E-state index in [9.17, 15) is 35.8 Å². The molecule has 0 radical (unpaired) electrons. The number of nitrogen functional groups attached to an aromatic ring is 1. The number of aliphatic hydroxyl groups excluding tert-OH is 2. The Kier molecular flexibility index (Phi) is 7.29. The highest BCUT2D eigenvalue weighted by Crippen LogP contribution is 2.34. The van der Waals surface area contributed by atoms with Crippen molar-refractivity contribution >= 4 is 42.6 Å². The number of hydrogen-bond acceptors (Lipinski definition) is 11. The molecule has 5 rings (SSSR count). The van der Waals surface area contributed by atoms with E-state index >= 15 is 0 Å². The molecule has 2 aliphatic heterocycles. The Morgan fingerprint density at radius 3 is 2.39 bits per heavy atom.